The third-order valence-electron chi connectivity index (χ3n) is 3.99. The van der Waals surface area contributed by atoms with E-state index >= 15 is 0 Å². The summed E-state index contributed by atoms with van der Waals surface area (Å²) in [5.41, 5.74) is 0.671. The molecule has 0 aromatic heterocycles. The summed E-state index contributed by atoms with van der Waals surface area (Å²) in [6.07, 6.45) is 1.15. The number of carbonyl (C=O) groups is 1. The van der Waals surface area contributed by atoms with E-state index in [1.54, 1.807) is 37.3 Å². The van der Waals surface area contributed by atoms with Crippen molar-refractivity contribution in [2.24, 2.45) is 5.92 Å². The number of aliphatic hydroxyl groups is 1. The first-order valence-corrected chi connectivity index (χ1v) is 7.25. The molecule has 2 atom stereocenters. The predicted molar refractivity (Wildman–Crippen MR) is 79.5 cm³/mol. The highest BCUT2D eigenvalue weighted by molar-refractivity contribution is 5.79. The molecule has 5 nitrogen and oxygen atoms in total. The highest BCUT2D eigenvalue weighted by Crippen LogP contribution is 2.30. The van der Waals surface area contributed by atoms with Crippen molar-refractivity contribution in [3.63, 3.8) is 0 Å². The molecule has 1 heterocycles. The molecule has 0 saturated carbocycles. The van der Waals surface area contributed by atoms with E-state index in [2.05, 4.69) is 0 Å². The van der Waals surface area contributed by atoms with Crippen LogP contribution in [0.4, 0.5) is 0 Å². The van der Waals surface area contributed by atoms with Crippen LogP contribution in [0.1, 0.15) is 31.4 Å². The summed E-state index contributed by atoms with van der Waals surface area (Å²) in [6, 6.07) is 5.29. The number of piperidine rings is 1. The largest absolute Gasteiger partial charge is 0.497 e. The van der Waals surface area contributed by atoms with E-state index in [1.165, 1.54) is 0 Å². The summed E-state index contributed by atoms with van der Waals surface area (Å²) < 4.78 is 10.4. The van der Waals surface area contributed by atoms with Crippen LogP contribution in [0, 0.1) is 5.92 Å². The van der Waals surface area contributed by atoms with Crippen molar-refractivity contribution in [2.75, 3.05) is 27.3 Å². The first kappa shape index (κ1) is 15.6. The van der Waals surface area contributed by atoms with Gasteiger partial charge in [0.25, 0.3) is 0 Å². The molecule has 2 rings (SSSR count). The molecule has 1 fully saturated rings. The number of likely N-dealkylation sites (tertiary alicyclic amines) is 1. The molecule has 1 amide bonds. The van der Waals surface area contributed by atoms with E-state index in [9.17, 15) is 9.90 Å². The molecule has 1 N–H and O–H groups in total. The molecular weight excluding hydrogens is 270 g/mol. The molecule has 116 valence electrons. The monoisotopic (exact) mass is 293 g/mol. The Kier molecular flexibility index (Phi) is 5.07. The van der Waals surface area contributed by atoms with Gasteiger partial charge >= 0.3 is 0 Å². The molecule has 1 saturated heterocycles. The van der Waals surface area contributed by atoms with Gasteiger partial charge in [-0.2, -0.15) is 0 Å². The first-order valence-electron chi connectivity index (χ1n) is 7.25. The first-order chi connectivity index (χ1) is 10.1. The average Bonchev–Trinajstić information content (AvgIpc) is 2.51. The summed E-state index contributed by atoms with van der Waals surface area (Å²) in [7, 11) is 3.14. The van der Waals surface area contributed by atoms with Crippen LogP contribution < -0.4 is 9.47 Å². The fourth-order valence-electron chi connectivity index (χ4n) is 2.72. The normalized spacial score (nSPS) is 20.3. The van der Waals surface area contributed by atoms with Crippen molar-refractivity contribution >= 4 is 5.91 Å². The summed E-state index contributed by atoms with van der Waals surface area (Å²) in [5, 5.41) is 10.4. The number of rotatable bonds is 5. The van der Waals surface area contributed by atoms with Gasteiger partial charge in [-0.05, 0) is 25.0 Å². The second-order valence-corrected chi connectivity index (χ2v) is 5.45. The second-order valence-electron chi connectivity index (χ2n) is 5.45. The highest BCUT2D eigenvalue weighted by atomic mass is 16.5. The van der Waals surface area contributed by atoms with Gasteiger partial charge in [0.05, 0.1) is 20.8 Å². The zero-order chi connectivity index (χ0) is 15.4. The number of benzene rings is 1. The summed E-state index contributed by atoms with van der Waals surface area (Å²) in [4.78, 5) is 13.8. The number of carbonyl (C=O) groups excluding carboxylic acids is 1. The van der Waals surface area contributed by atoms with Gasteiger partial charge in [-0.25, -0.2) is 0 Å². The molecule has 2 unspecified atom stereocenters. The van der Waals surface area contributed by atoms with E-state index in [0.29, 0.717) is 30.2 Å². The Labute approximate surface area is 125 Å². The molecule has 1 aromatic rings. The van der Waals surface area contributed by atoms with Gasteiger partial charge in [0, 0.05) is 24.1 Å². The number of β-amino-alcohol motifs (C(OH)–C–C–N with tert-alkyl or cyclic N) is 1. The van der Waals surface area contributed by atoms with E-state index in [-0.39, 0.29) is 11.8 Å². The predicted octanol–water partition coefficient (Wildman–Crippen LogP) is 2.00. The highest BCUT2D eigenvalue weighted by Gasteiger charge is 2.27. The van der Waals surface area contributed by atoms with Crippen molar-refractivity contribution in [3.05, 3.63) is 23.8 Å². The minimum Gasteiger partial charge on any atom is -0.497 e. The third-order valence-corrected chi connectivity index (χ3v) is 3.99. The van der Waals surface area contributed by atoms with Gasteiger partial charge in [0.1, 0.15) is 17.6 Å². The summed E-state index contributed by atoms with van der Waals surface area (Å²) >= 11 is 0. The molecule has 0 bridgehead atoms. The van der Waals surface area contributed by atoms with Gasteiger partial charge in [-0.1, -0.05) is 6.92 Å². The number of methoxy groups -OCH3 is 2. The molecule has 0 aliphatic carbocycles. The van der Waals surface area contributed by atoms with Gasteiger partial charge < -0.3 is 19.5 Å². The second kappa shape index (κ2) is 6.80. The lowest BCUT2D eigenvalue weighted by atomic mass is 9.98. The average molecular weight is 293 g/mol. The zero-order valence-corrected chi connectivity index (χ0v) is 12.8. The number of hydrogen-bond acceptors (Lipinski definition) is 4. The Bertz CT molecular complexity index is 503. The van der Waals surface area contributed by atoms with Gasteiger partial charge in [-0.3, -0.25) is 4.79 Å². The Balaban J connectivity index is 2.12. The van der Waals surface area contributed by atoms with Crippen LogP contribution in [0.25, 0.3) is 0 Å². The van der Waals surface area contributed by atoms with Gasteiger partial charge in [0.2, 0.25) is 5.91 Å². The maximum Gasteiger partial charge on any atom is 0.225 e. The van der Waals surface area contributed by atoms with Gasteiger partial charge in [-0.15, -0.1) is 0 Å². The molecule has 1 aromatic carbocycles. The molecule has 1 aliphatic heterocycles. The lowest BCUT2D eigenvalue weighted by Crippen LogP contribution is -2.42. The van der Waals surface area contributed by atoms with Crippen molar-refractivity contribution < 1.29 is 19.4 Å². The summed E-state index contributed by atoms with van der Waals surface area (Å²) in [6.45, 7) is 2.94. The van der Waals surface area contributed by atoms with Crippen molar-refractivity contribution in [1.82, 2.24) is 4.90 Å². The SMILES string of the molecule is COc1ccc(C(O)CN2CCCC(C)C2=O)c(OC)c1. The van der Waals surface area contributed by atoms with Crippen molar-refractivity contribution in [2.45, 2.75) is 25.9 Å². The topological polar surface area (TPSA) is 59.0 Å². The van der Waals surface area contributed by atoms with E-state index < -0.39 is 6.10 Å². The smallest absolute Gasteiger partial charge is 0.225 e. The Morgan fingerprint density at radius 2 is 2.14 bits per heavy atom. The molecule has 0 radical (unpaired) electrons. The Morgan fingerprint density at radius 3 is 2.81 bits per heavy atom. The lowest BCUT2D eigenvalue weighted by molar-refractivity contribution is -0.139. The van der Waals surface area contributed by atoms with Crippen LogP contribution in [0.3, 0.4) is 0 Å². The number of hydrogen-bond donors (Lipinski definition) is 1. The minimum absolute atomic E-state index is 0.0451. The van der Waals surface area contributed by atoms with Crippen molar-refractivity contribution in [3.8, 4) is 11.5 Å². The van der Waals surface area contributed by atoms with Crippen LogP contribution in [0.5, 0.6) is 11.5 Å². The third kappa shape index (κ3) is 3.47. The maximum absolute atomic E-state index is 12.1. The van der Waals surface area contributed by atoms with Crippen LogP contribution >= 0.6 is 0 Å². The van der Waals surface area contributed by atoms with Crippen molar-refractivity contribution in [1.29, 1.82) is 0 Å². The molecule has 0 spiro atoms. The maximum atomic E-state index is 12.1. The fourth-order valence-corrected chi connectivity index (χ4v) is 2.72. The van der Waals surface area contributed by atoms with E-state index in [0.717, 1.165) is 12.8 Å². The number of ether oxygens (including phenoxy) is 2. The van der Waals surface area contributed by atoms with Crippen LogP contribution in [-0.4, -0.2) is 43.2 Å². The standard InChI is InChI=1S/C16H23NO4/c1-11-5-4-8-17(16(11)19)10-14(18)13-7-6-12(20-2)9-15(13)21-3/h6-7,9,11,14,18H,4-5,8,10H2,1-3H3. The van der Waals surface area contributed by atoms with Crippen LogP contribution in [-0.2, 0) is 4.79 Å². The lowest BCUT2D eigenvalue weighted by Gasteiger charge is -2.32. The van der Waals surface area contributed by atoms with E-state index in [1.807, 2.05) is 6.92 Å². The Morgan fingerprint density at radius 1 is 1.38 bits per heavy atom. The van der Waals surface area contributed by atoms with E-state index in [4.69, 9.17) is 9.47 Å². The number of aliphatic hydroxyl groups excluding tert-OH is 1. The quantitative estimate of drug-likeness (QED) is 0.902. The molecule has 21 heavy (non-hydrogen) atoms. The van der Waals surface area contributed by atoms with Crippen LogP contribution in [0.15, 0.2) is 18.2 Å². The Hall–Kier alpha value is -1.75. The zero-order valence-electron chi connectivity index (χ0n) is 12.8. The van der Waals surface area contributed by atoms with Crippen LogP contribution in [0.2, 0.25) is 0 Å². The van der Waals surface area contributed by atoms with Gasteiger partial charge in [0.15, 0.2) is 0 Å². The number of nitrogens with zero attached hydrogens (tertiary/aromatic N) is 1. The fraction of sp³-hybridized carbons (Fsp3) is 0.562. The minimum atomic E-state index is -0.764. The summed E-state index contributed by atoms with van der Waals surface area (Å²) in [5.74, 6) is 1.40. The molecule has 1 aliphatic rings. The molecule has 5 heteroatoms. The number of amides is 1. The molecular formula is C16H23NO4.